The molecule has 0 bridgehead atoms. The number of carbonyl (C=O) groups excluding carboxylic acids is 1. The molecule has 0 aliphatic rings. The summed E-state index contributed by atoms with van der Waals surface area (Å²) in [6.45, 7) is 0. The second-order valence-electron chi connectivity index (χ2n) is 2.02. The van der Waals surface area contributed by atoms with E-state index in [0.29, 0.717) is 6.29 Å². The standard InChI is InChI=1S/C5H4ClN3O3/c1-8-3(2-10)4(9(11)12)5(6)7-8/h2H,1H3. The van der Waals surface area contributed by atoms with Gasteiger partial charge in [0.1, 0.15) is 0 Å². The molecule has 0 spiro atoms. The first-order valence-electron chi connectivity index (χ1n) is 2.90. The molecule has 0 saturated carbocycles. The fourth-order valence-corrected chi connectivity index (χ4v) is 1.07. The summed E-state index contributed by atoms with van der Waals surface area (Å²) in [5.74, 6) is 0. The molecule has 64 valence electrons. The lowest BCUT2D eigenvalue weighted by Crippen LogP contribution is -1.98. The molecule has 0 N–H and O–H groups in total. The Morgan fingerprint density at radius 1 is 1.75 bits per heavy atom. The van der Waals surface area contributed by atoms with Crippen molar-refractivity contribution < 1.29 is 9.72 Å². The van der Waals surface area contributed by atoms with Gasteiger partial charge in [0, 0.05) is 7.05 Å². The molecule has 7 heteroatoms. The molecule has 1 heterocycles. The maximum atomic E-state index is 10.3. The predicted molar refractivity (Wildman–Crippen MR) is 40.3 cm³/mol. The molecule has 0 saturated heterocycles. The number of nitrogens with zero attached hydrogens (tertiary/aromatic N) is 3. The number of hydrogen-bond donors (Lipinski definition) is 0. The highest BCUT2D eigenvalue weighted by Gasteiger charge is 2.24. The van der Waals surface area contributed by atoms with Crippen LogP contribution >= 0.6 is 11.6 Å². The lowest BCUT2D eigenvalue weighted by molar-refractivity contribution is -0.385. The second-order valence-corrected chi connectivity index (χ2v) is 2.38. The zero-order chi connectivity index (χ0) is 9.30. The first-order chi connectivity index (χ1) is 5.57. The Balaban J connectivity index is 3.42. The molecule has 0 aromatic carbocycles. The van der Waals surface area contributed by atoms with Crippen LogP contribution in [0.1, 0.15) is 10.5 Å². The predicted octanol–water partition coefficient (Wildman–Crippen LogP) is 0.794. The number of rotatable bonds is 2. The number of carbonyl (C=O) groups is 1. The average molecular weight is 190 g/mol. The third-order valence-corrected chi connectivity index (χ3v) is 1.57. The van der Waals surface area contributed by atoms with E-state index in [4.69, 9.17) is 11.6 Å². The molecule has 0 aliphatic carbocycles. The molecule has 1 aromatic rings. The van der Waals surface area contributed by atoms with E-state index in [1.165, 1.54) is 7.05 Å². The minimum Gasteiger partial charge on any atom is -0.296 e. The molecule has 0 fully saturated rings. The Kier molecular flexibility index (Phi) is 2.09. The van der Waals surface area contributed by atoms with Crippen LogP contribution in [0.15, 0.2) is 0 Å². The van der Waals surface area contributed by atoms with Gasteiger partial charge in [-0.15, -0.1) is 0 Å². The quantitative estimate of drug-likeness (QED) is 0.392. The van der Waals surface area contributed by atoms with Crippen molar-refractivity contribution in [1.82, 2.24) is 9.78 Å². The van der Waals surface area contributed by atoms with Crippen molar-refractivity contribution in [3.63, 3.8) is 0 Å². The van der Waals surface area contributed by atoms with Crippen LogP contribution in [0.5, 0.6) is 0 Å². The Bertz CT molecular complexity index is 346. The Morgan fingerprint density at radius 3 is 2.67 bits per heavy atom. The number of aryl methyl sites for hydroxylation is 1. The number of aromatic nitrogens is 2. The van der Waals surface area contributed by atoms with Crippen molar-refractivity contribution in [3.8, 4) is 0 Å². The van der Waals surface area contributed by atoms with Crippen molar-refractivity contribution >= 4 is 23.6 Å². The SMILES string of the molecule is Cn1nc(Cl)c([N+](=O)[O-])c1C=O. The van der Waals surface area contributed by atoms with E-state index in [2.05, 4.69) is 5.10 Å². The first kappa shape index (κ1) is 8.66. The molecule has 0 radical (unpaired) electrons. The van der Waals surface area contributed by atoms with Gasteiger partial charge < -0.3 is 0 Å². The van der Waals surface area contributed by atoms with Crippen LogP contribution in [0.4, 0.5) is 5.69 Å². The van der Waals surface area contributed by atoms with Gasteiger partial charge in [-0.25, -0.2) is 0 Å². The van der Waals surface area contributed by atoms with Crippen molar-refractivity contribution in [3.05, 3.63) is 21.0 Å². The van der Waals surface area contributed by atoms with Crippen LogP contribution in [0.25, 0.3) is 0 Å². The van der Waals surface area contributed by atoms with Crippen molar-refractivity contribution in [2.24, 2.45) is 7.05 Å². The van der Waals surface area contributed by atoms with Crippen LogP contribution < -0.4 is 0 Å². The van der Waals surface area contributed by atoms with E-state index in [1.54, 1.807) is 0 Å². The van der Waals surface area contributed by atoms with Gasteiger partial charge in [-0.1, -0.05) is 11.6 Å². The molecular weight excluding hydrogens is 186 g/mol. The van der Waals surface area contributed by atoms with Crippen LogP contribution in [-0.4, -0.2) is 21.0 Å². The summed E-state index contributed by atoms with van der Waals surface area (Å²) in [6, 6.07) is 0. The fourth-order valence-electron chi connectivity index (χ4n) is 0.793. The maximum absolute atomic E-state index is 10.3. The molecule has 0 atom stereocenters. The highest BCUT2D eigenvalue weighted by molar-refractivity contribution is 6.32. The van der Waals surface area contributed by atoms with Crippen molar-refractivity contribution in [2.75, 3.05) is 0 Å². The minimum absolute atomic E-state index is 0.134. The summed E-state index contributed by atoms with van der Waals surface area (Å²) in [6.07, 6.45) is 0.344. The van der Waals surface area contributed by atoms with Gasteiger partial charge in [-0.3, -0.25) is 19.6 Å². The first-order valence-corrected chi connectivity index (χ1v) is 3.27. The van der Waals surface area contributed by atoms with Crippen LogP contribution in [0.3, 0.4) is 0 Å². The molecule has 0 aliphatic heterocycles. The third kappa shape index (κ3) is 1.16. The van der Waals surface area contributed by atoms with Gasteiger partial charge in [0.05, 0.1) is 4.92 Å². The maximum Gasteiger partial charge on any atom is 0.336 e. The van der Waals surface area contributed by atoms with E-state index in [9.17, 15) is 14.9 Å². The van der Waals surface area contributed by atoms with E-state index in [1.807, 2.05) is 0 Å². The number of aldehydes is 1. The van der Waals surface area contributed by atoms with E-state index in [0.717, 1.165) is 4.68 Å². The second kappa shape index (κ2) is 2.90. The van der Waals surface area contributed by atoms with Gasteiger partial charge in [-0.2, -0.15) is 5.10 Å². The van der Waals surface area contributed by atoms with Crippen LogP contribution in [-0.2, 0) is 7.05 Å². The monoisotopic (exact) mass is 189 g/mol. The number of nitro groups is 1. The Hall–Kier alpha value is -1.43. The lowest BCUT2D eigenvalue weighted by Gasteiger charge is -1.88. The number of halogens is 1. The molecular formula is C5H4ClN3O3. The zero-order valence-corrected chi connectivity index (χ0v) is 6.78. The van der Waals surface area contributed by atoms with Gasteiger partial charge in [-0.05, 0) is 0 Å². The van der Waals surface area contributed by atoms with Gasteiger partial charge in [0.2, 0.25) is 5.15 Å². The largest absolute Gasteiger partial charge is 0.336 e. The van der Waals surface area contributed by atoms with Crippen molar-refractivity contribution in [1.29, 1.82) is 0 Å². The zero-order valence-electron chi connectivity index (χ0n) is 6.02. The smallest absolute Gasteiger partial charge is 0.296 e. The molecule has 0 amide bonds. The highest BCUT2D eigenvalue weighted by Crippen LogP contribution is 2.25. The van der Waals surface area contributed by atoms with Gasteiger partial charge in [0.25, 0.3) is 0 Å². The summed E-state index contributed by atoms with van der Waals surface area (Å²) >= 11 is 5.39. The van der Waals surface area contributed by atoms with Crippen molar-refractivity contribution in [2.45, 2.75) is 0 Å². The molecule has 1 aromatic heterocycles. The number of hydrogen-bond acceptors (Lipinski definition) is 4. The average Bonchev–Trinajstić information content (AvgIpc) is 2.24. The highest BCUT2D eigenvalue weighted by atomic mass is 35.5. The lowest BCUT2D eigenvalue weighted by atomic mass is 10.4. The molecule has 6 nitrogen and oxygen atoms in total. The molecule has 12 heavy (non-hydrogen) atoms. The van der Waals surface area contributed by atoms with E-state index in [-0.39, 0.29) is 10.8 Å². The fraction of sp³-hybridized carbons (Fsp3) is 0.200. The summed E-state index contributed by atoms with van der Waals surface area (Å²) in [5, 5.41) is 13.6. The summed E-state index contributed by atoms with van der Waals surface area (Å²) in [5.41, 5.74) is -0.584. The molecule has 0 unspecified atom stereocenters. The summed E-state index contributed by atoms with van der Waals surface area (Å²) < 4.78 is 1.06. The van der Waals surface area contributed by atoms with E-state index >= 15 is 0 Å². The Morgan fingerprint density at radius 2 is 2.33 bits per heavy atom. The third-order valence-electron chi connectivity index (χ3n) is 1.32. The van der Waals surface area contributed by atoms with E-state index < -0.39 is 10.6 Å². The topological polar surface area (TPSA) is 78.0 Å². The van der Waals surface area contributed by atoms with Crippen LogP contribution in [0, 0.1) is 10.1 Å². The summed E-state index contributed by atoms with van der Waals surface area (Å²) in [7, 11) is 1.41. The minimum atomic E-state index is -0.737. The van der Waals surface area contributed by atoms with Crippen LogP contribution in [0.2, 0.25) is 5.15 Å². The Labute approximate surface area is 71.9 Å². The summed E-state index contributed by atoms with van der Waals surface area (Å²) in [4.78, 5) is 19.9. The normalized spacial score (nSPS) is 9.83. The van der Waals surface area contributed by atoms with Gasteiger partial charge in [0.15, 0.2) is 12.0 Å². The van der Waals surface area contributed by atoms with Gasteiger partial charge >= 0.3 is 5.69 Å². The molecule has 1 rings (SSSR count).